The number of ether oxygens (including phenoxy) is 3. The van der Waals surface area contributed by atoms with Crippen molar-refractivity contribution >= 4 is 39.6 Å². The van der Waals surface area contributed by atoms with Crippen LogP contribution in [0.5, 0.6) is 17.2 Å². The summed E-state index contributed by atoms with van der Waals surface area (Å²) in [4.78, 5) is 24.6. The van der Waals surface area contributed by atoms with Crippen LogP contribution >= 0.6 is 15.9 Å². The van der Waals surface area contributed by atoms with Crippen LogP contribution in [0.15, 0.2) is 76.3 Å². The number of carbonyl (C=O) groups excluding carboxylic acids is 2. The van der Waals surface area contributed by atoms with Gasteiger partial charge < -0.3 is 19.5 Å². The van der Waals surface area contributed by atoms with Gasteiger partial charge in [0.15, 0.2) is 18.1 Å². The van der Waals surface area contributed by atoms with Crippen LogP contribution in [-0.4, -0.2) is 38.4 Å². The van der Waals surface area contributed by atoms with Crippen LogP contribution in [0.25, 0.3) is 0 Å². The highest BCUT2D eigenvalue weighted by Gasteiger charge is 2.11. The zero-order valence-corrected chi connectivity index (χ0v) is 20.3. The Balaban J connectivity index is 1.62. The van der Waals surface area contributed by atoms with E-state index in [0.29, 0.717) is 45.1 Å². The first-order valence-electron chi connectivity index (χ1n) is 10.4. The molecule has 3 aromatic rings. The van der Waals surface area contributed by atoms with Crippen molar-refractivity contribution in [1.82, 2.24) is 5.43 Å². The van der Waals surface area contributed by atoms with E-state index in [0.717, 1.165) is 0 Å². The first kappa shape index (κ1) is 24.8. The molecule has 2 amide bonds. The Morgan fingerprint density at radius 3 is 2.50 bits per heavy atom. The molecule has 9 heteroatoms. The van der Waals surface area contributed by atoms with Gasteiger partial charge in [-0.05, 0) is 70.9 Å². The molecule has 34 heavy (non-hydrogen) atoms. The summed E-state index contributed by atoms with van der Waals surface area (Å²) >= 11 is 3.34. The number of hydrazone groups is 1. The van der Waals surface area contributed by atoms with Crippen molar-refractivity contribution in [3.05, 3.63) is 82.3 Å². The molecule has 2 N–H and O–H groups in total. The highest BCUT2D eigenvalue weighted by Crippen LogP contribution is 2.28. The number of halogens is 1. The van der Waals surface area contributed by atoms with E-state index >= 15 is 0 Å². The normalized spacial score (nSPS) is 10.6. The molecule has 0 saturated heterocycles. The molecular formula is C25H24BrN3O5. The number of carbonyl (C=O) groups is 2. The lowest BCUT2D eigenvalue weighted by Gasteiger charge is -2.13. The number of para-hydroxylation sites is 2. The molecule has 8 nitrogen and oxygen atoms in total. The highest BCUT2D eigenvalue weighted by atomic mass is 79.9. The lowest BCUT2D eigenvalue weighted by Crippen LogP contribution is -2.20. The van der Waals surface area contributed by atoms with Crippen molar-refractivity contribution in [2.24, 2.45) is 5.10 Å². The first-order chi connectivity index (χ1) is 16.5. The van der Waals surface area contributed by atoms with E-state index in [2.05, 4.69) is 31.8 Å². The summed E-state index contributed by atoms with van der Waals surface area (Å²) in [7, 11) is 1.53. The van der Waals surface area contributed by atoms with E-state index in [-0.39, 0.29) is 18.4 Å². The molecule has 0 unspecified atom stereocenters. The number of hydrogen-bond donors (Lipinski definition) is 2. The van der Waals surface area contributed by atoms with Gasteiger partial charge in [-0.3, -0.25) is 9.59 Å². The Kier molecular flexibility index (Phi) is 9.04. The van der Waals surface area contributed by atoms with E-state index in [9.17, 15) is 9.59 Å². The Hall–Kier alpha value is -3.85. The SMILES string of the molecule is CCOc1cc(/C=N\NC(=O)c2ccccc2Br)ccc1OCC(=O)Nc1ccccc1OC. The first-order valence-corrected chi connectivity index (χ1v) is 11.2. The Labute approximate surface area is 206 Å². The second-order valence-corrected chi connectivity index (χ2v) is 7.71. The number of nitrogens with one attached hydrogen (secondary N) is 2. The summed E-state index contributed by atoms with van der Waals surface area (Å²) in [5.74, 6) is 0.739. The molecule has 3 rings (SSSR count). The molecule has 0 spiro atoms. The maximum atomic E-state index is 12.3. The van der Waals surface area contributed by atoms with E-state index < -0.39 is 0 Å². The minimum atomic E-state index is -0.340. The van der Waals surface area contributed by atoms with E-state index in [4.69, 9.17) is 14.2 Å². The molecule has 0 aromatic heterocycles. The number of amides is 2. The maximum Gasteiger partial charge on any atom is 0.272 e. The van der Waals surface area contributed by atoms with E-state index in [1.54, 1.807) is 54.6 Å². The van der Waals surface area contributed by atoms with Crippen LogP contribution in [0.1, 0.15) is 22.8 Å². The van der Waals surface area contributed by atoms with Crippen LogP contribution in [0.2, 0.25) is 0 Å². The van der Waals surface area contributed by atoms with Crippen molar-refractivity contribution in [3.63, 3.8) is 0 Å². The molecule has 0 saturated carbocycles. The molecule has 0 atom stereocenters. The number of methoxy groups -OCH3 is 1. The molecule has 0 heterocycles. The largest absolute Gasteiger partial charge is 0.495 e. The minimum absolute atomic E-state index is 0.215. The number of anilines is 1. The van der Waals surface area contributed by atoms with Crippen molar-refractivity contribution < 1.29 is 23.8 Å². The Morgan fingerprint density at radius 1 is 0.971 bits per heavy atom. The molecule has 0 radical (unpaired) electrons. The van der Waals surface area contributed by atoms with Crippen LogP contribution in [0.4, 0.5) is 5.69 Å². The van der Waals surface area contributed by atoms with Crippen molar-refractivity contribution in [2.75, 3.05) is 25.6 Å². The lowest BCUT2D eigenvalue weighted by molar-refractivity contribution is -0.118. The molecule has 176 valence electrons. The predicted octanol–water partition coefficient (Wildman–Crippen LogP) is 4.64. The van der Waals surface area contributed by atoms with Gasteiger partial charge >= 0.3 is 0 Å². The predicted molar refractivity (Wildman–Crippen MR) is 134 cm³/mol. The van der Waals surface area contributed by atoms with Gasteiger partial charge in [0.1, 0.15) is 5.75 Å². The zero-order valence-electron chi connectivity index (χ0n) is 18.7. The Bertz CT molecular complexity index is 1180. The van der Waals surface area contributed by atoms with Gasteiger partial charge in [0.05, 0.1) is 31.2 Å². The van der Waals surface area contributed by atoms with Crippen molar-refractivity contribution in [3.8, 4) is 17.2 Å². The van der Waals surface area contributed by atoms with Crippen molar-refractivity contribution in [2.45, 2.75) is 6.92 Å². The smallest absolute Gasteiger partial charge is 0.272 e. The molecule has 0 aliphatic heterocycles. The van der Waals surface area contributed by atoms with Gasteiger partial charge in [0.25, 0.3) is 11.8 Å². The summed E-state index contributed by atoms with van der Waals surface area (Å²) in [6.07, 6.45) is 1.50. The quantitative estimate of drug-likeness (QED) is 0.297. The van der Waals surface area contributed by atoms with Crippen LogP contribution in [-0.2, 0) is 4.79 Å². The Morgan fingerprint density at radius 2 is 1.74 bits per heavy atom. The third kappa shape index (κ3) is 6.82. The minimum Gasteiger partial charge on any atom is -0.495 e. The van der Waals surface area contributed by atoms with Gasteiger partial charge in [-0.1, -0.05) is 24.3 Å². The molecule has 0 fully saturated rings. The van der Waals surface area contributed by atoms with Crippen LogP contribution in [0.3, 0.4) is 0 Å². The third-order valence-corrected chi connectivity index (χ3v) is 5.20. The van der Waals surface area contributed by atoms with Gasteiger partial charge in [-0.15, -0.1) is 0 Å². The summed E-state index contributed by atoms with van der Waals surface area (Å²) in [6.45, 7) is 2.04. The van der Waals surface area contributed by atoms with Gasteiger partial charge in [0.2, 0.25) is 0 Å². The van der Waals surface area contributed by atoms with Crippen LogP contribution < -0.4 is 25.0 Å². The van der Waals surface area contributed by atoms with Gasteiger partial charge in [0, 0.05) is 4.47 Å². The average Bonchev–Trinajstić information content (AvgIpc) is 2.84. The molecule has 0 aliphatic carbocycles. The summed E-state index contributed by atoms with van der Waals surface area (Å²) < 4.78 is 17.2. The maximum absolute atomic E-state index is 12.3. The van der Waals surface area contributed by atoms with Crippen LogP contribution in [0, 0.1) is 0 Å². The fourth-order valence-electron chi connectivity index (χ4n) is 2.94. The molecular weight excluding hydrogens is 502 g/mol. The standard InChI is InChI=1S/C25H24BrN3O5/c1-3-33-23-14-17(15-27-29-25(31)18-8-4-5-9-19(18)26)12-13-22(23)34-16-24(30)28-20-10-6-7-11-21(20)32-2/h4-15H,3,16H2,1-2H3,(H,28,30)(H,29,31)/b27-15-. The van der Waals surface area contributed by atoms with Gasteiger partial charge in [-0.25, -0.2) is 5.43 Å². The lowest BCUT2D eigenvalue weighted by atomic mass is 10.2. The molecule has 0 bridgehead atoms. The fraction of sp³-hybridized carbons (Fsp3) is 0.160. The topological polar surface area (TPSA) is 98.3 Å². The number of nitrogens with zero attached hydrogens (tertiary/aromatic N) is 1. The molecule has 3 aromatic carbocycles. The third-order valence-electron chi connectivity index (χ3n) is 4.51. The fourth-order valence-corrected chi connectivity index (χ4v) is 3.41. The van der Waals surface area contributed by atoms with Crippen molar-refractivity contribution in [1.29, 1.82) is 0 Å². The summed E-state index contributed by atoms with van der Waals surface area (Å²) in [5, 5.41) is 6.77. The zero-order chi connectivity index (χ0) is 24.3. The second kappa shape index (κ2) is 12.4. The highest BCUT2D eigenvalue weighted by molar-refractivity contribution is 9.10. The monoisotopic (exact) mass is 525 g/mol. The average molecular weight is 526 g/mol. The summed E-state index contributed by atoms with van der Waals surface area (Å²) in [5.41, 5.74) is 4.21. The number of rotatable bonds is 10. The van der Waals surface area contributed by atoms with Gasteiger partial charge in [-0.2, -0.15) is 5.10 Å². The molecule has 0 aliphatic rings. The summed E-state index contributed by atoms with van der Waals surface area (Å²) in [6, 6.07) is 19.3. The number of benzene rings is 3. The number of hydrogen-bond acceptors (Lipinski definition) is 6. The van der Waals surface area contributed by atoms with E-state index in [1.165, 1.54) is 13.3 Å². The van der Waals surface area contributed by atoms with E-state index in [1.807, 2.05) is 19.1 Å². The second-order valence-electron chi connectivity index (χ2n) is 6.86.